The third kappa shape index (κ3) is 2.44. The van der Waals surface area contributed by atoms with Gasteiger partial charge in [-0.05, 0) is 45.5 Å². The van der Waals surface area contributed by atoms with Crippen molar-refractivity contribution in [2.75, 3.05) is 32.4 Å². The molecule has 0 saturated carbocycles. The Labute approximate surface area is 91.8 Å². The van der Waals surface area contributed by atoms with Gasteiger partial charge in [0.2, 0.25) is 0 Å². The van der Waals surface area contributed by atoms with E-state index in [9.17, 15) is 0 Å². The molecular formula is C11H22N2S. The Balaban J connectivity index is 1.80. The minimum Gasteiger partial charge on any atom is -0.310 e. The highest BCUT2D eigenvalue weighted by atomic mass is 32.2. The van der Waals surface area contributed by atoms with Gasteiger partial charge in [-0.2, -0.15) is 11.8 Å². The van der Waals surface area contributed by atoms with Crippen LogP contribution in [0.15, 0.2) is 0 Å². The number of hydrogen-bond donors (Lipinski definition) is 1. The van der Waals surface area contributed by atoms with Crippen LogP contribution in [0.25, 0.3) is 0 Å². The van der Waals surface area contributed by atoms with E-state index in [0.29, 0.717) is 5.54 Å². The molecule has 0 aromatic rings. The van der Waals surface area contributed by atoms with Gasteiger partial charge in [-0.3, -0.25) is 0 Å². The van der Waals surface area contributed by atoms with E-state index in [1.54, 1.807) is 0 Å². The van der Waals surface area contributed by atoms with Crippen molar-refractivity contribution in [2.24, 2.45) is 0 Å². The van der Waals surface area contributed by atoms with E-state index in [-0.39, 0.29) is 0 Å². The van der Waals surface area contributed by atoms with Crippen LogP contribution in [0.5, 0.6) is 0 Å². The highest BCUT2D eigenvalue weighted by Gasteiger charge is 2.32. The average molecular weight is 214 g/mol. The van der Waals surface area contributed by atoms with Crippen LogP contribution in [0, 0.1) is 0 Å². The maximum absolute atomic E-state index is 3.64. The molecule has 0 bridgehead atoms. The molecule has 2 rings (SSSR count). The number of nitrogens with one attached hydrogen (secondary N) is 1. The van der Waals surface area contributed by atoms with Gasteiger partial charge in [-0.15, -0.1) is 0 Å². The molecule has 82 valence electrons. The number of rotatable bonds is 3. The molecule has 0 aliphatic carbocycles. The fourth-order valence-electron chi connectivity index (χ4n) is 2.72. The second-order valence-corrected chi connectivity index (χ2v) is 6.11. The second kappa shape index (κ2) is 4.42. The lowest BCUT2D eigenvalue weighted by molar-refractivity contribution is 0.241. The van der Waals surface area contributed by atoms with Crippen molar-refractivity contribution in [1.82, 2.24) is 10.2 Å². The molecular weight excluding hydrogens is 192 g/mol. The van der Waals surface area contributed by atoms with Crippen molar-refractivity contribution in [1.29, 1.82) is 0 Å². The highest BCUT2D eigenvalue weighted by molar-refractivity contribution is 7.99. The highest BCUT2D eigenvalue weighted by Crippen LogP contribution is 2.25. The molecule has 14 heavy (non-hydrogen) atoms. The lowest BCUT2D eigenvalue weighted by Gasteiger charge is -2.30. The summed E-state index contributed by atoms with van der Waals surface area (Å²) in [5.41, 5.74) is 0.410. The zero-order valence-electron chi connectivity index (χ0n) is 9.38. The predicted molar refractivity (Wildman–Crippen MR) is 64.0 cm³/mol. The van der Waals surface area contributed by atoms with Crippen LogP contribution in [-0.2, 0) is 0 Å². The quantitative estimate of drug-likeness (QED) is 0.768. The molecule has 2 aliphatic heterocycles. The third-order valence-electron chi connectivity index (χ3n) is 3.59. The normalized spacial score (nSPS) is 39.4. The van der Waals surface area contributed by atoms with Gasteiger partial charge in [0.15, 0.2) is 0 Å². The van der Waals surface area contributed by atoms with Gasteiger partial charge in [-0.1, -0.05) is 0 Å². The smallest absolute Gasteiger partial charge is 0.0280 e. The van der Waals surface area contributed by atoms with Gasteiger partial charge in [0.05, 0.1) is 0 Å². The van der Waals surface area contributed by atoms with Crippen LogP contribution in [0.2, 0.25) is 0 Å². The van der Waals surface area contributed by atoms with Gasteiger partial charge in [-0.25, -0.2) is 0 Å². The number of thioether (sulfide) groups is 1. The van der Waals surface area contributed by atoms with E-state index in [0.717, 1.165) is 5.25 Å². The van der Waals surface area contributed by atoms with Crippen molar-refractivity contribution in [3.8, 4) is 0 Å². The van der Waals surface area contributed by atoms with Crippen LogP contribution in [0.1, 0.15) is 26.2 Å². The molecule has 2 heterocycles. The Bertz CT molecular complexity index is 190. The summed E-state index contributed by atoms with van der Waals surface area (Å²) < 4.78 is 0. The van der Waals surface area contributed by atoms with Crippen molar-refractivity contribution < 1.29 is 0 Å². The van der Waals surface area contributed by atoms with Crippen molar-refractivity contribution in [3.63, 3.8) is 0 Å². The van der Waals surface area contributed by atoms with Gasteiger partial charge >= 0.3 is 0 Å². The second-order valence-electron chi connectivity index (χ2n) is 4.97. The van der Waals surface area contributed by atoms with Crippen LogP contribution < -0.4 is 5.32 Å². The van der Waals surface area contributed by atoms with Gasteiger partial charge < -0.3 is 10.2 Å². The first kappa shape index (κ1) is 10.8. The van der Waals surface area contributed by atoms with Crippen molar-refractivity contribution in [3.05, 3.63) is 0 Å². The van der Waals surface area contributed by atoms with E-state index in [4.69, 9.17) is 0 Å². The summed E-state index contributed by atoms with van der Waals surface area (Å²) in [7, 11) is 0. The van der Waals surface area contributed by atoms with Crippen LogP contribution in [0.4, 0.5) is 0 Å². The minimum absolute atomic E-state index is 0.410. The molecule has 2 fully saturated rings. The third-order valence-corrected chi connectivity index (χ3v) is 4.64. The summed E-state index contributed by atoms with van der Waals surface area (Å²) in [6.45, 7) is 7.47. The summed E-state index contributed by atoms with van der Waals surface area (Å²) in [5.74, 6) is 0. The predicted octanol–water partition coefficient (Wildman–Crippen LogP) is 1.57. The monoisotopic (exact) mass is 214 g/mol. The number of nitrogens with zero attached hydrogens (tertiary/aromatic N) is 1. The first-order valence-corrected chi connectivity index (χ1v) is 7.01. The van der Waals surface area contributed by atoms with E-state index in [2.05, 4.69) is 23.4 Å². The molecule has 1 N–H and O–H groups in total. The van der Waals surface area contributed by atoms with E-state index >= 15 is 0 Å². The van der Waals surface area contributed by atoms with Crippen molar-refractivity contribution in [2.45, 2.75) is 37.0 Å². The minimum atomic E-state index is 0.410. The Hall–Kier alpha value is 0.270. The number of likely N-dealkylation sites (tertiary alicyclic amines) is 1. The zero-order chi connectivity index (χ0) is 10.0. The summed E-state index contributed by atoms with van der Waals surface area (Å²) >= 11 is 2.03. The Morgan fingerprint density at radius 3 is 3.00 bits per heavy atom. The lowest BCUT2D eigenvalue weighted by Crippen LogP contribution is -2.46. The summed E-state index contributed by atoms with van der Waals surface area (Å²) in [6, 6.07) is 0. The molecule has 2 saturated heterocycles. The Kier molecular flexibility index (Phi) is 3.40. The summed E-state index contributed by atoms with van der Waals surface area (Å²) in [6.07, 6.45) is 6.34. The van der Waals surface area contributed by atoms with Gasteiger partial charge in [0.1, 0.15) is 0 Å². The molecule has 0 aromatic heterocycles. The maximum atomic E-state index is 3.64. The first-order valence-electron chi connectivity index (χ1n) is 5.72. The van der Waals surface area contributed by atoms with Crippen LogP contribution in [0.3, 0.4) is 0 Å². The Morgan fingerprint density at radius 1 is 1.57 bits per heavy atom. The largest absolute Gasteiger partial charge is 0.310 e. The summed E-state index contributed by atoms with van der Waals surface area (Å²) in [4.78, 5) is 2.64. The molecule has 0 radical (unpaired) electrons. The molecule has 2 aliphatic rings. The standard InChI is InChI=1S/C11H22N2S/c1-11(5-3-6-12-11)9-13-7-4-10(8-13)14-2/h10,12H,3-9H2,1-2H3. The first-order chi connectivity index (χ1) is 6.72. The van der Waals surface area contributed by atoms with E-state index < -0.39 is 0 Å². The zero-order valence-corrected chi connectivity index (χ0v) is 10.2. The van der Waals surface area contributed by atoms with Gasteiger partial charge in [0, 0.05) is 23.9 Å². The molecule has 0 aromatic carbocycles. The van der Waals surface area contributed by atoms with Crippen LogP contribution >= 0.6 is 11.8 Å². The summed E-state index contributed by atoms with van der Waals surface area (Å²) in [5, 5.41) is 4.53. The van der Waals surface area contributed by atoms with Gasteiger partial charge in [0.25, 0.3) is 0 Å². The van der Waals surface area contributed by atoms with Crippen molar-refractivity contribution >= 4 is 11.8 Å². The molecule has 0 amide bonds. The molecule has 2 nitrogen and oxygen atoms in total. The molecule has 0 spiro atoms. The fourth-order valence-corrected chi connectivity index (χ4v) is 3.42. The molecule has 2 unspecified atom stereocenters. The number of hydrogen-bond acceptors (Lipinski definition) is 3. The average Bonchev–Trinajstić information content (AvgIpc) is 2.75. The lowest BCUT2D eigenvalue weighted by atomic mass is 10.00. The molecule has 2 atom stereocenters. The Morgan fingerprint density at radius 2 is 2.43 bits per heavy atom. The molecule has 3 heteroatoms. The van der Waals surface area contributed by atoms with Crippen LogP contribution in [-0.4, -0.2) is 48.1 Å². The van der Waals surface area contributed by atoms with E-state index in [1.807, 2.05) is 11.8 Å². The topological polar surface area (TPSA) is 15.3 Å². The maximum Gasteiger partial charge on any atom is 0.0280 e. The SMILES string of the molecule is CSC1CCN(CC2(C)CCCN2)C1. The van der Waals surface area contributed by atoms with E-state index in [1.165, 1.54) is 45.4 Å². The fraction of sp³-hybridized carbons (Fsp3) is 1.00.